The first-order valence-corrected chi connectivity index (χ1v) is 11.4. The van der Waals surface area contributed by atoms with Gasteiger partial charge in [-0.3, -0.25) is 9.89 Å². The van der Waals surface area contributed by atoms with Gasteiger partial charge in [0.05, 0.1) is 15.5 Å². The number of nitrogens with zero attached hydrogens (tertiary/aromatic N) is 2. The molecule has 9 nitrogen and oxygen atoms in total. The quantitative estimate of drug-likeness (QED) is 0.563. The smallest absolute Gasteiger partial charge is 0.295 e. The number of hydrogen-bond donors (Lipinski definition) is 1. The molecule has 0 radical (unpaired) electrons. The molecular weight excluding hydrogens is 418 g/mol. The topological polar surface area (TPSA) is 119 Å². The zero-order chi connectivity index (χ0) is 21.2. The normalized spacial score (nSPS) is 12.4. The molecule has 0 spiro atoms. The van der Waals surface area contributed by atoms with Gasteiger partial charge in [0.25, 0.3) is 15.6 Å². The lowest BCUT2D eigenvalue weighted by Gasteiger charge is -2.19. The summed E-state index contributed by atoms with van der Waals surface area (Å²) in [5.41, 5.74) is 0.803. The standard InChI is InChI=1S/C18H19N3O6S2/c1-3-20(27-29(25,26)17-7-5-4-6-8-17)28(23,24)16-11-9-15(10-12-16)21-18(22)13-14(2)19-21/h4-13,19H,3H2,1-2H3. The maximum Gasteiger partial charge on any atom is 0.314 e. The number of H-pyrrole nitrogens is 1. The van der Waals surface area contributed by atoms with Gasteiger partial charge in [-0.1, -0.05) is 22.7 Å². The van der Waals surface area contributed by atoms with Crippen molar-refractivity contribution in [2.45, 2.75) is 23.6 Å². The maximum absolute atomic E-state index is 12.9. The molecule has 1 N–H and O–H groups in total. The van der Waals surface area contributed by atoms with Gasteiger partial charge in [-0.05, 0) is 50.2 Å². The summed E-state index contributed by atoms with van der Waals surface area (Å²) in [7, 11) is -8.58. The summed E-state index contributed by atoms with van der Waals surface area (Å²) in [6.07, 6.45) is 0. The van der Waals surface area contributed by atoms with Gasteiger partial charge in [-0.25, -0.2) is 13.1 Å². The number of aromatic amines is 1. The van der Waals surface area contributed by atoms with E-state index < -0.39 is 20.1 Å². The van der Waals surface area contributed by atoms with Crippen LogP contribution >= 0.6 is 0 Å². The van der Waals surface area contributed by atoms with Crippen molar-refractivity contribution < 1.29 is 21.1 Å². The van der Waals surface area contributed by atoms with E-state index in [2.05, 4.69) is 5.10 Å². The molecule has 29 heavy (non-hydrogen) atoms. The fourth-order valence-electron chi connectivity index (χ4n) is 2.59. The Hall–Kier alpha value is -2.73. The lowest BCUT2D eigenvalue weighted by atomic mass is 10.3. The summed E-state index contributed by atoms with van der Waals surface area (Å²) in [6.45, 7) is 2.94. The number of hydrogen-bond acceptors (Lipinski definition) is 6. The molecule has 0 saturated carbocycles. The van der Waals surface area contributed by atoms with Crippen molar-refractivity contribution in [1.82, 2.24) is 14.2 Å². The van der Waals surface area contributed by atoms with Crippen LogP contribution in [0.2, 0.25) is 0 Å². The molecule has 1 heterocycles. The van der Waals surface area contributed by atoms with Crippen molar-refractivity contribution in [3.8, 4) is 5.69 Å². The molecule has 0 aliphatic carbocycles. The highest BCUT2D eigenvalue weighted by Gasteiger charge is 2.30. The lowest BCUT2D eigenvalue weighted by molar-refractivity contribution is 0.0500. The minimum atomic E-state index is -4.32. The highest BCUT2D eigenvalue weighted by Crippen LogP contribution is 2.21. The second-order valence-electron chi connectivity index (χ2n) is 6.07. The molecule has 154 valence electrons. The third-order valence-corrected chi connectivity index (χ3v) is 7.04. The summed E-state index contributed by atoms with van der Waals surface area (Å²) < 4.78 is 57.0. The SMILES string of the molecule is CCN(OS(=O)(=O)c1ccccc1)S(=O)(=O)c1ccc(-n2[nH]c(C)cc2=O)cc1. The van der Waals surface area contributed by atoms with Crippen LogP contribution in [0.4, 0.5) is 0 Å². The molecule has 0 atom stereocenters. The molecule has 3 aromatic rings. The van der Waals surface area contributed by atoms with Gasteiger partial charge in [0.15, 0.2) is 0 Å². The van der Waals surface area contributed by atoms with Crippen LogP contribution in [0.3, 0.4) is 0 Å². The van der Waals surface area contributed by atoms with Gasteiger partial charge in [0, 0.05) is 18.3 Å². The Balaban J connectivity index is 1.90. The van der Waals surface area contributed by atoms with Crippen molar-refractivity contribution in [3.63, 3.8) is 0 Å². The van der Waals surface area contributed by atoms with Crippen molar-refractivity contribution in [1.29, 1.82) is 0 Å². The Labute approximate surface area is 168 Å². The average molecular weight is 437 g/mol. The Bertz CT molecular complexity index is 1260. The third-order valence-electron chi connectivity index (χ3n) is 3.98. The second-order valence-corrected chi connectivity index (χ2v) is 9.43. The molecule has 0 saturated heterocycles. The van der Waals surface area contributed by atoms with Gasteiger partial charge in [-0.2, -0.15) is 12.7 Å². The Morgan fingerprint density at radius 3 is 2.10 bits per heavy atom. The first-order chi connectivity index (χ1) is 13.6. The number of sulfonamides is 1. The number of nitrogens with one attached hydrogen (secondary N) is 1. The Kier molecular flexibility index (Phi) is 5.75. The summed E-state index contributed by atoms with van der Waals surface area (Å²) >= 11 is 0. The first-order valence-electron chi connectivity index (χ1n) is 8.56. The minimum Gasteiger partial charge on any atom is -0.295 e. The summed E-state index contributed by atoms with van der Waals surface area (Å²) in [4.78, 5) is 11.5. The number of aryl methyl sites for hydroxylation is 1. The van der Waals surface area contributed by atoms with Crippen LogP contribution in [0.15, 0.2) is 75.2 Å². The molecule has 0 aliphatic heterocycles. The highest BCUT2D eigenvalue weighted by molar-refractivity contribution is 7.90. The average Bonchev–Trinajstić information content (AvgIpc) is 3.05. The largest absolute Gasteiger partial charge is 0.314 e. The van der Waals surface area contributed by atoms with Crippen LogP contribution in [0.25, 0.3) is 5.69 Å². The van der Waals surface area contributed by atoms with E-state index in [-0.39, 0.29) is 21.9 Å². The van der Waals surface area contributed by atoms with Gasteiger partial charge >= 0.3 is 10.1 Å². The molecular formula is C18H19N3O6S2. The zero-order valence-electron chi connectivity index (χ0n) is 15.6. The molecule has 0 bridgehead atoms. The zero-order valence-corrected chi connectivity index (χ0v) is 17.3. The van der Waals surface area contributed by atoms with Crippen molar-refractivity contribution in [2.24, 2.45) is 0 Å². The molecule has 2 aromatic carbocycles. The Morgan fingerprint density at radius 2 is 1.59 bits per heavy atom. The van der Waals surface area contributed by atoms with Gasteiger partial charge in [0.1, 0.15) is 0 Å². The third kappa shape index (κ3) is 4.32. The maximum atomic E-state index is 12.9. The molecule has 0 aliphatic rings. The lowest BCUT2D eigenvalue weighted by Crippen LogP contribution is -2.33. The van der Waals surface area contributed by atoms with Gasteiger partial charge in [0.2, 0.25) is 0 Å². The predicted octanol–water partition coefficient (Wildman–Crippen LogP) is 1.81. The van der Waals surface area contributed by atoms with E-state index in [1.807, 2.05) is 0 Å². The summed E-state index contributed by atoms with van der Waals surface area (Å²) in [6, 6.07) is 14.1. The predicted molar refractivity (Wildman–Crippen MR) is 105 cm³/mol. The first kappa shape index (κ1) is 21.0. The number of aromatic nitrogens is 2. The fourth-order valence-corrected chi connectivity index (χ4v) is 5.11. The molecule has 11 heteroatoms. The van der Waals surface area contributed by atoms with Crippen molar-refractivity contribution in [2.75, 3.05) is 6.54 Å². The van der Waals surface area contributed by atoms with Crippen molar-refractivity contribution >= 4 is 20.1 Å². The van der Waals surface area contributed by atoms with Crippen LogP contribution in [0.1, 0.15) is 12.6 Å². The van der Waals surface area contributed by atoms with Crippen LogP contribution in [0, 0.1) is 6.92 Å². The molecule has 0 amide bonds. The highest BCUT2D eigenvalue weighted by atomic mass is 32.2. The van der Waals surface area contributed by atoms with E-state index in [1.165, 1.54) is 66.2 Å². The number of benzene rings is 2. The molecule has 0 unspecified atom stereocenters. The van der Waals surface area contributed by atoms with E-state index in [0.29, 0.717) is 15.8 Å². The van der Waals surface area contributed by atoms with E-state index in [9.17, 15) is 21.6 Å². The van der Waals surface area contributed by atoms with E-state index >= 15 is 0 Å². The van der Waals surface area contributed by atoms with Gasteiger partial charge in [-0.15, -0.1) is 0 Å². The van der Waals surface area contributed by atoms with E-state index in [4.69, 9.17) is 4.28 Å². The summed E-state index contributed by atoms with van der Waals surface area (Å²) in [5, 5.41) is 2.84. The molecule has 3 rings (SSSR count). The molecule has 1 aromatic heterocycles. The summed E-state index contributed by atoms with van der Waals surface area (Å²) in [5.74, 6) is 0. The van der Waals surface area contributed by atoms with Crippen LogP contribution in [-0.2, 0) is 24.4 Å². The van der Waals surface area contributed by atoms with Crippen LogP contribution in [-0.4, -0.2) is 37.6 Å². The van der Waals surface area contributed by atoms with Crippen molar-refractivity contribution in [3.05, 3.63) is 76.7 Å². The number of rotatable bonds is 7. The van der Waals surface area contributed by atoms with Gasteiger partial charge < -0.3 is 0 Å². The minimum absolute atomic E-state index is 0.162. The number of hydroxylamine groups is 1. The van der Waals surface area contributed by atoms with Crippen LogP contribution < -0.4 is 5.56 Å². The monoisotopic (exact) mass is 437 g/mol. The van der Waals surface area contributed by atoms with Crippen LogP contribution in [0.5, 0.6) is 0 Å². The fraction of sp³-hybridized carbons (Fsp3) is 0.167. The molecule has 0 fully saturated rings. The van der Waals surface area contributed by atoms with E-state index in [1.54, 1.807) is 13.0 Å². The van der Waals surface area contributed by atoms with E-state index in [0.717, 1.165) is 0 Å². The second kappa shape index (κ2) is 7.95. The Morgan fingerprint density at radius 1 is 0.966 bits per heavy atom.